The van der Waals surface area contributed by atoms with Gasteiger partial charge < -0.3 is 16.2 Å². The van der Waals surface area contributed by atoms with E-state index < -0.39 is 0 Å². The van der Waals surface area contributed by atoms with Gasteiger partial charge in [0.1, 0.15) is 0 Å². The summed E-state index contributed by atoms with van der Waals surface area (Å²) in [4.78, 5) is 11.6. The largest absolute Gasteiger partial charge is 0.396 e. The monoisotopic (exact) mass is 214 g/mol. The van der Waals surface area contributed by atoms with E-state index in [0.717, 1.165) is 12.8 Å². The summed E-state index contributed by atoms with van der Waals surface area (Å²) in [6, 6.07) is 0.00919. The third kappa shape index (κ3) is 4.62. The number of aliphatic hydroxyl groups excluding tert-OH is 1. The molecule has 0 radical (unpaired) electrons. The van der Waals surface area contributed by atoms with Crippen LogP contribution in [0.1, 0.15) is 39.5 Å². The summed E-state index contributed by atoms with van der Waals surface area (Å²) in [6.07, 6.45) is 3.29. The molecule has 1 aliphatic rings. The fraction of sp³-hybridized carbons (Fsp3) is 0.909. The van der Waals surface area contributed by atoms with Gasteiger partial charge in [0, 0.05) is 24.6 Å². The number of nitrogens with one attached hydrogen (secondary N) is 1. The summed E-state index contributed by atoms with van der Waals surface area (Å²) in [6.45, 7) is 3.90. The van der Waals surface area contributed by atoms with Crippen LogP contribution in [0.5, 0.6) is 0 Å². The van der Waals surface area contributed by atoms with Gasteiger partial charge >= 0.3 is 0 Å². The molecule has 0 spiro atoms. The van der Waals surface area contributed by atoms with Gasteiger partial charge in [-0.1, -0.05) is 0 Å². The molecule has 0 bridgehead atoms. The molecule has 0 aliphatic heterocycles. The Balaban J connectivity index is 2.27. The van der Waals surface area contributed by atoms with Gasteiger partial charge in [0.25, 0.3) is 0 Å². The minimum atomic E-state index is -0.338. The van der Waals surface area contributed by atoms with Gasteiger partial charge in [-0.25, -0.2) is 0 Å². The Morgan fingerprint density at radius 3 is 2.67 bits per heavy atom. The van der Waals surface area contributed by atoms with Crippen molar-refractivity contribution in [3.8, 4) is 0 Å². The number of rotatable bonds is 6. The average Bonchev–Trinajstić information content (AvgIpc) is 2.82. The highest BCUT2D eigenvalue weighted by Crippen LogP contribution is 2.32. The van der Waals surface area contributed by atoms with Crippen molar-refractivity contribution < 1.29 is 9.90 Å². The molecule has 1 aliphatic carbocycles. The lowest BCUT2D eigenvalue weighted by molar-refractivity contribution is -0.123. The van der Waals surface area contributed by atoms with Crippen LogP contribution in [-0.4, -0.2) is 29.2 Å². The Hall–Kier alpha value is -0.610. The first-order valence-electron chi connectivity index (χ1n) is 5.62. The number of nitrogens with two attached hydrogens (primary N) is 1. The smallest absolute Gasteiger partial charge is 0.221 e. The molecule has 1 atom stereocenters. The van der Waals surface area contributed by atoms with E-state index in [-0.39, 0.29) is 24.1 Å². The average molecular weight is 214 g/mol. The van der Waals surface area contributed by atoms with Crippen LogP contribution in [0, 0.1) is 5.92 Å². The Morgan fingerprint density at radius 2 is 2.20 bits per heavy atom. The highest BCUT2D eigenvalue weighted by Gasteiger charge is 2.30. The topological polar surface area (TPSA) is 75.3 Å². The van der Waals surface area contributed by atoms with E-state index in [0.29, 0.717) is 18.8 Å². The zero-order valence-corrected chi connectivity index (χ0v) is 9.62. The van der Waals surface area contributed by atoms with E-state index in [1.54, 1.807) is 0 Å². The van der Waals surface area contributed by atoms with Crippen LogP contribution in [0.3, 0.4) is 0 Å². The molecule has 0 aromatic rings. The molecule has 0 aromatic carbocycles. The molecule has 4 heteroatoms. The molecule has 88 valence electrons. The van der Waals surface area contributed by atoms with Crippen molar-refractivity contribution in [3.05, 3.63) is 0 Å². The van der Waals surface area contributed by atoms with E-state index in [1.807, 2.05) is 13.8 Å². The first kappa shape index (κ1) is 12.5. The molecule has 4 nitrogen and oxygen atoms in total. The van der Waals surface area contributed by atoms with Crippen molar-refractivity contribution in [1.29, 1.82) is 0 Å². The van der Waals surface area contributed by atoms with E-state index in [2.05, 4.69) is 5.32 Å². The van der Waals surface area contributed by atoms with Crippen molar-refractivity contribution in [2.75, 3.05) is 6.61 Å². The molecule has 1 amide bonds. The highest BCUT2D eigenvalue weighted by molar-refractivity contribution is 5.77. The predicted molar refractivity (Wildman–Crippen MR) is 59.2 cm³/mol. The first-order chi connectivity index (χ1) is 6.94. The molecule has 1 rings (SSSR count). The van der Waals surface area contributed by atoms with Gasteiger partial charge in [0.05, 0.1) is 0 Å². The molecule has 1 fully saturated rings. The van der Waals surface area contributed by atoms with Crippen LogP contribution >= 0.6 is 0 Å². The number of hydrogen-bond donors (Lipinski definition) is 3. The molecule has 0 heterocycles. The summed E-state index contributed by atoms with van der Waals surface area (Å²) in [7, 11) is 0. The minimum Gasteiger partial charge on any atom is -0.396 e. The van der Waals surface area contributed by atoms with Crippen molar-refractivity contribution in [2.45, 2.75) is 51.1 Å². The van der Waals surface area contributed by atoms with Crippen LogP contribution in [-0.2, 0) is 4.79 Å². The molecule has 1 unspecified atom stereocenters. The van der Waals surface area contributed by atoms with Gasteiger partial charge in [0.2, 0.25) is 5.91 Å². The summed E-state index contributed by atoms with van der Waals surface area (Å²) < 4.78 is 0. The Morgan fingerprint density at radius 1 is 1.60 bits per heavy atom. The zero-order valence-electron chi connectivity index (χ0n) is 9.62. The molecule has 15 heavy (non-hydrogen) atoms. The Labute approximate surface area is 91.2 Å². The van der Waals surface area contributed by atoms with Crippen LogP contribution in [0.25, 0.3) is 0 Å². The van der Waals surface area contributed by atoms with Gasteiger partial charge in [-0.2, -0.15) is 0 Å². The van der Waals surface area contributed by atoms with Gasteiger partial charge in [-0.05, 0) is 39.0 Å². The second kappa shape index (κ2) is 4.94. The molecule has 0 aromatic heterocycles. The SMILES string of the molecule is CC(C)(CCO)NC(=O)CC(N)C1CC1. The third-order valence-corrected chi connectivity index (χ3v) is 2.86. The number of hydrogen-bond acceptors (Lipinski definition) is 3. The molecule has 0 saturated heterocycles. The maximum absolute atomic E-state index is 11.6. The molecule has 1 saturated carbocycles. The minimum absolute atomic E-state index is 0.00662. The van der Waals surface area contributed by atoms with Crippen molar-refractivity contribution >= 4 is 5.91 Å². The lowest BCUT2D eigenvalue weighted by atomic mass is 10.0. The van der Waals surface area contributed by atoms with Gasteiger partial charge in [-0.15, -0.1) is 0 Å². The van der Waals surface area contributed by atoms with Crippen LogP contribution in [0.2, 0.25) is 0 Å². The standard InChI is InChI=1S/C11H22N2O2/c1-11(2,5-6-14)13-10(15)7-9(12)8-3-4-8/h8-9,14H,3-7,12H2,1-2H3,(H,13,15). The Kier molecular flexibility index (Phi) is 4.11. The van der Waals surface area contributed by atoms with Gasteiger partial charge in [0.15, 0.2) is 0 Å². The second-order valence-corrected chi connectivity index (χ2v) is 5.11. The number of aliphatic hydroxyl groups is 1. The Bertz CT molecular complexity index is 225. The molecular formula is C11H22N2O2. The van der Waals surface area contributed by atoms with Crippen molar-refractivity contribution in [2.24, 2.45) is 11.7 Å². The molecule has 4 N–H and O–H groups in total. The maximum atomic E-state index is 11.6. The van der Waals surface area contributed by atoms with Crippen molar-refractivity contribution in [1.82, 2.24) is 5.32 Å². The summed E-state index contributed by atoms with van der Waals surface area (Å²) in [5.41, 5.74) is 5.52. The second-order valence-electron chi connectivity index (χ2n) is 5.11. The van der Waals surface area contributed by atoms with Gasteiger partial charge in [-0.3, -0.25) is 4.79 Å². The normalized spacial score (nSPS) is 18.7. The maximum Gasteiger partial charge on any atom is 0.221 e. The quantitative estimate of drug-likeness (QED) is 0.599. The van der Waals surface area contributed by atoms with E-state index in [4.69, 9.17) is 10.8 Å². The number of carbonyl (C=O) groups excluding carboxylic acids is 1. The van der Waals surface area contributed by atoms with Crippen LogP contribution in [0.15, 0.2) is 0 Å². The number of amides is 1. The van der Waals surface area contributed by atoms with Crippen LogP contribution in [0.4, 0.5) is 0 Å². The summed E-state index contributed by atoms with van der Waals surface area (Å²) in [5.74, 6) is 0.546. The fourth-order valence-corrected chi connectivity index (χ4v) is 1.68. The first-order valence-corrected chi connectivity index (χ1v) is 5.62. The van der Waals surface area contributed by atoms with Crippen molar-refractivity contribution in [3.63, 3.8) is 0 Å². The lowest BCUT2D eigenvalue weighted by Gasteiger charge is -2.26. The fourth-order valence-electron chi connectivity index (χ4n) is 1.68. The molecular weight excluding hydrogens is 192 g/mol. The lowest BCUT2D eigenvalue weighted by Crippen LogP contribution is -2.46. The number of carbonyl (C=O) groups is 1. The third-order valence-electron chi connectivity index (χ3n) is 2.86. The zero-order chi connectivity index (χ0) is 11.5. The predicted octanol–water partition coefficient (Wildman–Crippen LogP) is 0.391. The summed E-state index contributed by atoms with van der Waals surface area (Å²) >= 11 is 0. The van der Waals surface area contributed by atoms with E-state index in [1.165, 1.54) is 0 Å². The van der Waals surface area contributed by atoms with E-state index >= 15 is 0 Å². The van der Waals surface area contributed by atoms with Crippen LogP contribution < -0.4 is 11.1 Å². The summed E-state index contributed by atoms with van der Waals surface area (Å²) in [5, 5.41) is 11.7. The van der Waals surface area contributed by atoms with E-state index in [9.17, 15) is 4.79 Å². The highest BCUT2D eigenvalue weighted by atomic mass is 16.3.